The average Bonchev–Trinajstić information content (AvgIpc) is 2.92. The van der Waals surface area contributed by atoms with Gasteiger partial charge in [0, 0.05) is 17.5 Å². The van der Waals surface area contributed by atoms with Crippen LogP contribution < -0.4 is 5.56 Å². The molecule has 0 spiro atoms. The summed E-state index contributed by atoms with van der Waals surface area (Å²) in [6, 6.07) is 7.73. The fourth-order valence-electron chi connectivity index (χ4n) is 2.81. The van der Waals surface area contributed by atoms with Crippen LogP contribution in [0, 0.1) is 13.8 Å². The first-order valence-corrected chi connectivity index (χ1v) is 10.3. The molecule has 0 radical (unpaired) electrons. The number of carbonyl (C=O) groups excluding carboxylic acids is 1. The Morgan fingerprint density at radius 2 is 1.92 bits per heavy atom. The van der Waals surface area contributed by atoms with Crippen molar-refractivity contribution in [3.8, 4) is 0 Å². The number of ketones is 1. The van der Waals surface area contributed by atoms with Gasteiger partial charge in [0.15, 0.2) is 10.9 Å². The molecule has 1 unspecified atom stereocenters. The smallest absolute Gasteiger partial charge is 0.262 e. The molecular formula is C20H22N2O2S2. The number of benzene rings is 1. The lowest BCUT2D eigenvalue weighted by atomic mass is 10.1. The number of thiophene rings is 1. The van der Waals surface area contributed by atoms with Crippen molar-refractivity contribution in [3.63, 3.8) is 0 Å². The lowest BCUT2D eigenvalue weighted by Gasteiger charge is -2.13. The zero-order valence-electron chi connectivity index (χ0n) is 15.6. The van der Waals surface area contributed by atoms with Gasteiger partial charge in [-0.15, -0.1) is 11.3 Å². The van der Waals surface area contributed by atoms with E-state index in [9.17, 15) is 9.59 Å². The van der Waals surface area contributed by atoms with Crippen molar-refractivity contribution in [1.82, 2.24) is 9.55 Å². The molecular weight excluding hydrogens is 364 g/mol. The molecule has 0 saturated heterocycles. The molecule has 26 heavy (non-hydrogen) atoms. The molecule has 136 valence electrons. The van der Waals surface area contributed by atoms with E-state index in [0.29, 0.717) is 16.1 Å². The van der Waals surface area contributed by atoms with Gasteiger partial charge in [-0.25, -0.2) is 4.98 Å². The Bertz CT molecular complexity index is 1030. The first-order valence-electron chi connectivity index (χ1n) is 8.60. The first kappa shape index (κ1) is 18.9. The molecule has 0 aliphatic carbocycles. The third kappa shape index (κ3) is 3.35. The largest absolute Gasteiger partial charge is 0.293 e. The van der Waals surface area contributed by atoms with Crippen molar-refractivity contribution >= 4 is 39.1 Å². The standard InChI is InChI=1S/C20H22N2O2S2/c1-6-14-7-9-15(10-8-14)17(23)13(4)26-20-21-18-16(19(24)22(20)5)11(2)12(3)25-18/h7-10,13H,6H2,1-5H3. The van der Waals surface area contributed by atoms with Crippen LogP contribution in [0.3, 0.4) is 0 Å². The average molecular weight is 387 g/mol. The molecule has 3 rings (SSSR count). The fourth-order valence-corrected chi connectivity index (χ4v) is 4.83. The summed E-state index contributed by atoms with van der Waals surface area (Å²) in [4.78, 5) is 31.9. The van der Waals surface area contributed by atoms with Gasteiger partial charge in [-0.1, -0.05) is 43.0 Å². The number of fused-ring (bicyclic) bond motifs is 1. The summed E-state index contributed by atoms with van der Waals surface area (Å²) >= 11 is 2.87. The third-order valence-corrected chi connectivity index (χ3v) is 6.91. The minimum atomic E-state index is -0.319. The topological polar surface area (TPSA) is 52.0 Å². The second-order valence-electron chi connectivity index (χ2n) is 6.40. The second-order valence-corrected chi connectivity index (χ2v) is 8.91. The van der Waals surface area contributed by atoms with Crippen molar-refractivity contribution in [1.29, 1.82) is 0 Å². The lowest BCUT2D eigenvalue weighted by Crippen LogP contribution is -2.22. The third-order valence-electron chi connectivity index (χ3n) is 4.67. The van der Waals surface area contributed by atoms with Crippen LogP contribution >= 0.6 is 23.1 Å². The molecule has 2 aromatic heterocycles. The van der Waals surface area contributed by atoms with Gasteiger partial charge < -0.3 is 0 Å². The Morgan fingerprint density at radius 3 is 2.54 bits per heavy atom. The van der Waals surface area contributed by atoms with E-state index in [2.05, 4.69) is 11.9 Å². The van der Waals surface area contributed by atoms with Crippen LogP contribution in [-0.4, -0.2) is 20.6 Å². The van der Waals surface area contributed by atoms with Crippen LogP contribution in [0.4, 0.5) is 0 Å². The van der Waals surface area contributed by atoms with Crippen molar-refractivity contribution in [2.75, 3.05) is 0 Å². The van der Waals surface area contributed by atoms with Gasteiger partial charge in [0.1, 0.15) is 4.83 Å². The predicted molar refractivity (Wildman–Crippen MR) is 110 cm³/mol. The molecule has 3 aromatic rings. The number of hydrogen-bond acceptors (Lipinski definition) is 5. The highest BCUT2D eigenvalue weighted by Crippen LogP contribution is 2.30. The van der Waals surface area contributed by atoms with E-state index < -0.39 is 0 Å². The van der Waals surface area contributed by atoms with E-state index in [1.807, 2.05) is 45.0 Å². The van der Waals surface area contributed by atoms with Crippen molar-refractivity contribution in [2.24, 2.45) is 7.05 Å². The van der Waals surface area contributed by atoms with Crippen molar-refractivity contribution < 1.29 is 4.79 Å². The highest BCUT2D eigenvalue weighted by atomic mass is 32.2. The van der Waals surface area contributed by atoms with Crippen molar-refractivity contribution in [2.45, 2.75) is 44.5 Å². The maximum Gasteiger partial charge on any atom is 0.262 e. The van der Waals surface area contributed by atoms with E-state index in [4.69, 9.17) is 0 Å². The van der Waals surface area contributed by atoms with Gasteiger partial charge in [-0.2, -0.15) is 0 Å². The molecule has 1 atom stereocenters. The summed E-state index contributed by atoms with van der Waals surface area (Å²) in [5, 5.41) is 0.948. The number of carbonyl (C=O) groups is 1. The number of hydrogen-bond donors (Lipinski definition) is 0. The molecule has 0 aliphatic heterocycles. The van der Waals surface area contributed by atoms with Gasteiger partial charge in [0.2, 0.25) is 0 Å². The van der Waals surface area contributed by atoms with Gasteiger partial charge in [-0.3, -0.25) is 14.2 Å². The number of nitrogens with zero attached hydrogens (tertiary/aromatic N) is 2. The molecule has 0 aliphatic rings. The van der Waals surface area contributed by atoms with Crippen LogP contribution in [-0.2, 0) is 13.5 Å². The fraction of sp³-hybridized carbons (Fsp3) is 0.350. The van der Waals surface area contributed by atoms with Gasteiger partial charge in [0.25, 0.3) is 5.56 Å². The minimum absolute atomic E-state index is 0.0468. The van der Waals surface area contributed by atoms with Gasteiger partial charge in [-0.05, 0) is 38.3 Å². The van der Waals surface area contributed by atoms with Crippen LogP contribution in [0.1, 0.15) is 40.2 Å². The highest BCUT2D eigenvalue weighted by Gasteiger charge is 2.21. The maximum absolute atomic E-state index is 12.7. The quantitative estimate of drug-likeness (QED) is 0.367. The minimum Gasteiger partial charge on any atom is -0.293 e. The van der Waals surface area contributed by atoms with Crippen LogP contribution in [0.5, 0.6) is 0 Å². The maximum atomic E-state index is 12.7. The summed E-state index contributed by atoms with van der Waals surface area (Å²) < 4.78 is 1.55. The number of rotatable bonds is 5. The van der Waals surface area contributed by atoms with Crippen LogP contribution in [0.25, 0.3) is 10.2 Å². The number of thioether (sulfide) groups is 1. The summed E-state index contributed by atoms with van der Waals surface area (Å²) in [6.45, 7) is 7.91. The Hall–Kier alpha value is -1.92. The molecule has 1 aromatic carbocycles. The number of aromatic nitrogens is 2. The molecule has 2 heterocycles. The molecule has 0 saturated carbocycles. The second kappa shape index (κ2) is 7.37. The normalized spacial score (nSPS) is 12.5. The molecule has 0 fully saturated rings. The van der Waals surface area contributed by atoms with Gasteiger partial charge in [0.05, 0.1) is 10.6 Å². The Kier molecular flexibility index (Phi) is 5.34. The van der Waals surface area contributed by atoms with E-state index in [-0.39, 0.29) is 16.6 Å². The van der Waals surface area contributed by atoms with Crippen LogP contribution in [0.15, 0.2) is 34.2 Å². The highest BCUT2D eigenvalue weighted by molar-refractivity contribution is 8.00. The van der Waals surface area contributed by atoms with Crippen LogP contribution in [0.2, 0.25) is 0 Å². The predicted octanol–water partition coefficient (Wildman–Crippen LogP) is 4.54. The Balaban J connectivity index is 1.91. The molecule has 0 N–H and O–H groups in total. The summed E-state index contributed by atoms with van der Waals surface area (Å²) in [7, 11) is 1.72. The first-order chi connectivity index (χ1) is 12.3. The lowest BCUT2D eigenvalue weighted by molar-refractivity contribution is 0.0994. The summed E-state index contributed by atoms with van der Waals surface area (Å²) in [5.74, 6) is 0.0468. The Labute approximate surface area is 161 Å². The van der Waals surface area contributed by atoms with E-state index >= 15 is 0 Å². The van der Waals surface area contributed by atoms with E-state index in [1.165, 1.54) is 28.7 Å². The molecule has 4 nitrogen and oxygen atoms in total. The zero-order valence-corrected chi connectivity index (χ0v) is 17.3. The van der Waals surface area contributed by atoms with Gasteiger partial charge >= 0.3 is 0 Å². The number of Topliss-reactive ketones (excluding diaryl/α,β-unsaturated/α-hetero) is 1. The Morgan fingerprint density at radius 1 is 1.27 bits per heavy atom. The summed E-state index contributed by atoms with van der Waals surface area (Å²) in [6.07, 6.45) is 0.949. The van der Waals surface area contributed by atoms with Crippen molar-refractivity contribution in [3.05, 3.63) is 56.2 Å². The molecule has 0 bridgehead atoms. The molecule has 6 heteroatoms. The SMILES string of the molecule is CCc1ccc(C(=O)C(C)Sc2nc3sc(C)c(C)c3c(=O)n2C)cc1. The van der Waals surface area contributed by atoms with E-state index in [1.54, 1.807) is 11.6 Å². The molecule has 0 amide bonds. The monoisotopic (exact) mass is 386 g/mol. The number of aryl methyl sites for hydroxylation is 3. The zero-order chi connectivity index (χ0) is 19.0. The van der Waals surface area contributed by atoms with E-state index in [0.717, 1.165) is 21.7 Å². The summed E-state index contributed by atoms with van der Waals surface area (Å²) in [5.41, 5.74) is 2.84.